The molecule has 2 N–H and O–H groups in total. The van der Waals surface area contributed by atoms with E-state index in [2.05, 4.69) is 20.8 Å². The zero-order valence-electron chi connectivity index (χ0n) is 17.6. The van der Waals surface area contributed by atoms with E-state index in [9.17, 15) is 13.6 Å². The van der Waals surface area contributed by atoms with Crippen LogP contribution in [0.15, 0.2) is 30.5 Å². The fourth-order valence-corrected chi connectivity index (χ4v) is 4.41. The van der Waals surface area contributed by atoms with Gasteiger partial charge >= 0.3 is 0 Å². The Hall–Kier alpha value is -2.94. The van der Waals surface area contributed by atoms with E-state index in [1.165, 1.54) is 10.9 Å². The van der Waals surface area contributed by atoms with Crippen LogP contribution >= 0.6 is 11.6 Å². The minimum absolute atomic E-state index is 0.0587. The molecule has 2 aliphatic rings. The Balaban J connectivity index is 1.36. The van der Waals surface area contributed by atoms with Gasteiger partial charge in [0.05, 0.1) is 28.3 Å². The number of halogens is 3. The molecule has 1 aliphatic carbocycles. The van der Waals surface area contributed by atoms with Crippen molar-refractivity contribution >= 4 is 29.0 Å². The number of hydrogen-bond donors (Lipinski definition) is 2. The molecule has 3 heterocycles. The summed E-state index contributed by atoms with van der Waals surface area (Å²) in [7, 11) is 0. The highest BCUT2D eigenvalue weighted by molar-refractivity contribution is 6.31. The molecule has 2 aromatic heterocycles. The molecule has 2 unspecified atom stereocenters. The van der Waals surface area contributed by atoms with E-state index in [1.807, 2.05) is 26.0 Å². The molecule has 168 valence electrons. The molecule has 0 bridgehead atoms. The van der Waals surface area contributed by atoms with Crippen LogP contribution in [0, 0.1) is 19.8 Å². The third-order valence-electron chi connectivity index (χ3n) is 6.23. The number of aryl methyl sites for hydroxylation is 1. The molecule has 32 heavy (non-hydrogen) atoms. The summed E-state index contributed by atoms with van der Waals surface area (Å²) in [4.78, 5) is 12.9. The standard InChI is InChI=1S/C22H23ClF2N6O/c1-11-19(23)12(2)30(29-11)15-7-5-14(6-8-15)27-22(32)16-10-26-31-18(20(24)25)9-17(13-3-4-13)28-21(16)31/h5-8,10,13,17-18,20,28H,3-4,9H2,1-2H3,(H,27,32). The lowest BCUT2D eigenvalue weighted by Gasteiger charge is -2.32. The smallest absolute Gasteiger partial charge is 0.261 e. The van der Waals surface area contributed by atoms with Crippen molar-refractivity contribution in [2.45, 2.75) is 51.6 Å². The van der Waals surface area contributed by atoms with E-state index in [0.717, 1.165) is 29.9 Å². The van der Waals surface area contributed by atoms with Gasteiger partial charge in [0, 0.05) is 11.7 Å². The third-order valence-corrected chi connectivity index (χ3v) is 6.77. The molecule has 1 aliphatic heterocycles. The van der Waals surface area contributed by atoms with Gasteiger partial charge in [-0.05, 0) is 63.3 Å². The van der Waals surface area contributed by atoms with Gasteiger partial charge in [0.2, 0.25) is 0 Å². The van der Waals surface area contributed by atoms with Crippen LogP contribution in [-0.2, 0) is 0 Å². The van der Waals surface area contributed by atoms with Gasteiger partial charge in [-0.1, -0.05) is 11.6 Å². The molecule has 2 atom stereocenters. The molecule has 5 rings (SSSR count). The van der Waals surface area contributed by atoms with E-state index < -0.39 is 18.4 Å². The number of carbonyl (C=O) groups is 1. The number of benzene rings is 1. The Bertz CT molecular complexity index is 1170. The minimum atomic E-state index is -2.54. The van der Waals surface area contributed by atoms with Gasteiger partial charge in [0.1, 0.15) is 17.4 Å². The summed E-state index contributed by atoms with van der Waals surface area (Å²) in [6, 6.07) is 6.09. The van der Waals surface area contributed by atoms with Crippen molar-refractivity contribution in [1.82, 2.24) is 19.6 Å². The van der Waals surface area contributed by atoms with Crippen molar-refractivity contribution in [3.05, 3.63) is 52.4 Å². The van der Waals surface area contributed by atoms with Gasteiger partial charge in [-0.3, -0.25) is 4.79 Å². The number of aromatic nitrogens is 4. The van der Waals surface area contributed by atoms with Gasteiger partial charge in [0.15, 0.2) is 0 Å². The summed E-state index contributed by atoms with van der Waals surface area (Å²) in [5.41, 5.74) is 3.22. The zero-order valence-corrected chi connectivity index (χ0v) is 18.4. The van der Waals surface area contributed by atoms with E-state index >= 15 is 0 Å². The Morgan fingerprint density at radius 2 is 1.97 bits per heavy atom. The number of fused-ring (bicyclic) bond motifs is 1. The molecule has 1 aromatic carbocycles. The van der Waals surface area contributed by atoms with Crippen molar-refractivity contribution < 1.29 is 13.6 Å². The van der Waals surface area contributed by atoms with Crippen molar-refractivity contribution in [3.63, 3.8) is 0 Å². The van der Waals surface area contributed by atoms with Crippen molar-refractivity contribution in [1.29, 1.82) is 0 Å². The predicted molar refractivity (Wildman–Crippen MR) is 118 cm³/mol. The molecule has 1 fully saturated rings. The average molecular weight is 461 g/mol. The predicted octanol–water partition coefficient (Wildman–Crippen LogP) is 4.99. The van der Waals surface area contributed by atoms with Gasteiger partial charge in [-0.25, -0.2) is 18.1 Å². The number of amides is 1. The fourth-order valence-electron chi connectivity index (χ4n) is 4.30. The monoisotopic (exact) mass is 460 g/mol. The molecule has 1 saturated carbocycles. The van der Waals surface area contributed by atoms with Crippen LogP contribution in [-0.4, -0.2) is 37.9 Å². The van der Waals surface area contributed by atoms with Gasteiger partial charge in [-0.2, -0.15) is 10.2 Å². The van der Waals surface area contributed by atoms with E-state index in [1.54, 1.807) is 16.8 Å². The van der Waals surface area contributed by atoms with Crippen LogP contribution in [0.4, 0.5) is 20.3 Å². The summed E-state index contributed by atoms with van der Waals surface area (Å²) >= 11 is 6.23. The Morgan fingerprint density at radius 3 is 2.56 bits per heavy atom. The highest BCUT2D eigenvalue weighted by atomic mass is 35.5. The summed E-state index contributed by atoms with van der Waals surface area (Å²) in [5.74, 6) is 0.348. The lowest BCUT2D eigenvalue weighted by Crippen LogP contribution is -2.37. The summed E-state index contributed by atoms with van der Waals surface area (Å²) in [5, 5.41) is 15.3. The summed E-state index contributed by atoms with van der Waals surface area (Å²) < 4.78 is 30.3. The summed E-state index contributed by atoms with van der Waals surface area (Å²) in [6.45, 7) is 3.73. The highest BCUT2D eigenvalue weighted by Crippen LogP contribution is 2.43. The highest BCUT2D eigenvalue weighted by Gasteiger charge is 2.41. The first-order valence-electron chi connectivity index (χ1n) is 10.6. The third kappa shape index (κ3) is 3.64. The van der Waals surface area contributed by atoms with Crippen molar-refractivity contribution in [2.75, 3.05) is 10.6 Å². The molecule has 3 aromatic rings. The molecule has 7 nitrogen and oxygen atoms in total. The van der Waals surface area contributed by atoms with Gasteiger partial charge < -0.3 is 10.6 Å². The number of alkyl halides is 2. The van der Waals surface area contributed by atoms with Crippen LogP contribution in [0.2, 0.25) is 5.02 Å². The maximum Gasteiger partial charge on any atom is 0.261 e. The SMILES string of the molecule is Cc1nn(-c2ccc(NC(=O)c3cnn4c3NC(C3CC3)CC4C(F)F)cc2)c(C)c1Cl. The van der Waals surface area contributed by atoms with Crippen LogP contribution < -0.4 is 10.6 Å². The lowest BCUT2D eigenvalue weighted by atomic mass is 10.00. The number of nitrogens with zero attached hydrogens (tertiary/aromatic N) is 4. The second-order valence-electron chi connectivity index (χ2n) is 8.47. The van der Waals surface area contributed by atoms with Crippen LogP contribution in [0.3, 0.4) is 0 Å². The Labute approximate surface area is 188 Å². The lowest BCUT2D eigenvalue weighted by molar-refractivity contribution is 0.0644. The fraction of sp³-hybridized carbons (Fsp3) is 0.409. The van der Waals surface area contributed by atoms with Gasteiger partial charge in [0.25, 0.3) is 12.3 Å². The first-order chi connectivity index (χ1) is 15.3. The number of hydrogen-bond acceptors (Lipinski definition) is 4. The topological polar surface area (TPSA) is 76.8 Å². The second kappa shape index (κ2) is 7.88. The van der Waals surface area contributed by atoms with Crippen LogP contribution in [0.5, 0.6) is 0 Å². The number of anilines is 2. The maximum atomic E-state index is 13.6. The van der Waals surface area contributed by atoms with Crippen LogP contribution in [0.1, 0.15) is 47.1 Å². The quantitative estimate of drug-likeness (QED) is 0.562. The van der Waals surface area contributed by atoms with E-state index in [0.29, 0.717) is 28.9 Å². The van der Waals surface area contributed by atoms with Crippen molar-refractivity contribution in [2.24, 2.45) is 5.92 Å². The van der Waals surface area contributed by atoms with Crippen LogP contribution in [0.25, 0.3) is 5.69 Å². The first kappa shape index (κ1) is 20.9. The largest absolute Gasteiger partial charge is 0.367 e. The average Bonchev–Trinajstić information content (AvgIpc) is 3.49. The normalized spacial score (nSPS) is 20.2. The summed E-state index contributed by atoms with van der Waals surface area (Å²) in [6.07, 6.45) is 1.18. The van der Waals surface area contributed by atoms with E-state index in [4.69, 9.17) is 11.6 Å². The minimum Gasteiger partial charge on any atom is -0.367 e. The molecular weight excluding hydrogens is 438 g/mol. The number of rotatable bonds is 5. The second-order valence-corrected chi connectivity index (χ2v) is 8.85. The molecule has 0 spiro atoms. The molecule has 0 saturated heterocycles. The molecule has 10 heteroatoms. The zero-order chi connectivity index (χ0) is 22.6. The van der Waals surface area contributed by atoms with E-state index in [-0.39, 0.29) is 11.6 Å². The maximum absolute atomic E-state index is 13.6. The molecule has 1 amide bonds. The molecule has 0 radical (unpaired) electrons. The Morgan fingerprint density at radius 1 is 1.25 bits per heavy atom. The first-order valence-corrected chi connectivity index (χ1v) is 11.0. The Kier molecular flexibility index (Phi) is 5.16. The number of carbonyl (C=O) groups excluding carboxylic acids is 1. The van der Waals surface area contributed by atoms with Gasteiger partial charge in [-0.15, -0.1) is 0 Å². The molecular formula is C22H23ClF2N6O. The number of nitrogens with one attached hydrogen (secondary N) is 2. The van der Waals surface area contributed by atoms with Crippen molar-refractivity contribution in [3.8, 4) is 5.69 Å².